The number of hydrogen-bond donors (Lipinski definition) is 2. The van der Waals surface area contributed by atoms with E-state index in [0.29, 0.717) is 51.6 Å². The number of rotatable bonds is 7. The molecule has 154 valence electrons. The van der Waals surface area contributed by atoms with E-state index in [-0.39, 0.29) is 12.5 Å². The maximum Gasteiger partial charge on any atom is 0.308 e. The van der Waals surface area contributed by atoms with Crippen LogP contribution in [0.25, 0.3) is 0 Å². The standard InChI is InChI=1S/C22H31NO5/c1-16-4-2-3-5-19(16)22(8-12-28-13-9-22)21(26)23-15-18(20(24)25)14-17-6-10-27-11-7-17/h2-5,17-18H,6-15H2,1H3,(H,23,26)(H,24,25). The van der Waals surface area contributed by atoms with Crippen molar-refractivity contribution in [3.05, 3.63) is 35.4 Å². The van der Waals surface area contributed by atoms with Gasteiger partial charge >= 0.3 is 5.97 Å². The molecule has 1 aromatic carbocycles. The molecule has 0 spiro atoms. The van der Waals surface area contributed by atoms with Crippen LogP contribution in [-0.4, -0.2) is 50.0 Å². The summed E-state index contributed by atoms with van der Waals surface area (Å²) < 4.78 is 10.9. The lowest BCUT2D eigenvalue weighted by molar-refractivity contribution is -0.143. The summed E-state index contributed by atoms with van der Waals surface area (Å²) in [5, 5.41) is 12.6. The van der Waals surface area contributed by atoms with Crippen LogP contribution in [0.5, 0.6) is 0 Å². The van der Waals surface area contributed by atoms with E-state index in [4.69, 9.17) is 9.47 Å². The number of carbonyl (C=O) groups excluding carboxylic acids is 1. The van der Waals surface area contributed by atoms with Crippen molar-refractivity contribution in [1.82, 2.24) is 5.32 Å². The molecule has 2 saturated heterocycles. The second kappa shape index (κ2) is 9.52. The van der Waals surface area contributed by atoms with Gasteiger partial charge in [0.25, 0.3) is 0 Å². The molecule has 28 heavy (non-hydrogen) atoms. The average Bonchev–Trinajstić information content (AvgIpc) is 2.72. The van der Waals surface area contributed by atoms with Gasteiger partial charge in [-0.05, 0) is 56.1 Å². The molecule has 1 atom stereocenters. The number of aliphatic carboxylic acids is 1. The zero-order chi connectivity index (χ0) is 20.0. The van der Waals surface area contributed by atoms with Crippen molar-refractivity contribution in [2.75, 3.05) is 33.0 Å². The van der Waals surface area contributed by atoms with Crippen molar-refractivity contribution in [2.24, 2.45) is 11.8 Å². The van der Waals surface area contributed by atoms with Gasteiger partial charge in [-0.3, -0.25) is 9.59 Å². The van der Waals surface area contributed by atoms with Gasteiger partial charge in [-0.1, -0.05) is 24.3 Å². The zero-order valence-electron chi connectivity index (χ0n) is 16.6. The molecule has 0 aromatic heterocycles. The largest absolute Gasteiger partial charge is 0.481 e. The number of carboxylic acid groups (broad SMARTS) is 1. The molecule has 1 amide bonds. The molecule has 2 heterocycles. The zero-order valence-corrected chi connectivity index (χ0v) is 16.6. The molecule has 2 fully saturated rings. The number of aryl methyl sites for hydroxylation is 1. The topological polar surface area (TPSA) is 84.9 Å². The first kappa shape index (κ1) is 20.8. The smallest absolute Gasteiger partial charge is 0.308 e. The Morgan fingerprint density at radius 1 is 1.14 bits per heavy atom. The van der Waals surface area contributed by atoms with Gasteiger partial charge in [-0.15, -0.1) is 0 Å². The van der Waals surface area contributed by atoms with Crippen LogP contribution >= 0.6 is 0 Å². The molecular weight excluding hydrogens is 358 g/mol. The van der Waals surface area contributed by atoms with Gasteiger partial charge in [0.05, 0.1) is 11.3 Å². The average molecular weight is 389 g/mol. The number of ether oxygens (including phenoxy) is 2. The van der Waals surface area contributed by atoms with E-state index < -0.39 is 17.3 Å². The van der Waals surface area contributed by atoms with E-state index in [1.54, 1.807) is 0 Å². The molecule has 2 N–H and O–H groups in total. The number of hydrogen-bond acceptors (Lipinski definition) is 4. The van der Waals surface area contributed by atoms with Crippen LogP contribution in [0.15, 0.2) is 24.3 Å². The summed E-state index contributed by atoms with van der Waals surface area (Å²) in [4.78, 5) is 25.1. The predicted molar refractivity (Wildman–Crippen MR) is 105 cm³/mol. The van der Waals surface area contributed by atoms with E-state index in [1.807, 2.05) is 31.2 Å². The Morgan fingerprint density at radius 2 is 1.79 bits per heavy atom. The molecule has 0 radical (unpaired) electrons. The van der Waals surface area contributed by atoms with Crippen LogP contribution in [0.1, 0.15) is 43.2 Å². The molecule has 0 bridgehead atoms. The van der Waals surface area contributed by atoms with E-state index in [0.717, 1.165) is 24.0 Å². The van der Waals surface area contributed by atoms with Crippen molar-refractivity contribution < 1.29 is 24.2 Å². The van der Waals surface area contributed by atoms with Crippen molar-refractivity contribution in [3.63, 3.8) is 0 Å². The first-order chi connectivity index (χ1) is 13.5. The third kappa shape index (κ3) is 4.73. The molecule has 2 aliphatic rings. The van der Waals surface area contributed by atoms with Crippen molar-refractivity contribution >= 4 is 11.9 Å². The Morgan fingerprint density at radius 3 is 2.43 bits per heavy atom. The fourth-order valence-corrected chi connectivity index (χ4v) is 4.49. The lowest BCUT2D eigenvalue weighted by Crippen LogP contribution is -2.50. The number of carboxylic acids is 1. The normalized spacial score (nSPS) is 21.0. The van der Waals surface area contributed by atoms with Gasteiger partial charge in [-0.25, -0.2) is 0 Å². The van der Waals surface area contributed by atoms with E-state index in [9.17, 15) is 14.7 Å². The van der Waals surface area contributed by atoms with Crippen LogP contribution in [-0.2, 0) is 24.5 Å². The summed E-state index contributed by atoms with van der Waals surface area (Å²) in [7, 11) is 0. The van der Waals surface area contributed by atoms with Gasteiger partial charge in [0.2, 0.25) is 5.91 Å². The molecule has 0 aliphatic carbocycles. The second-order valence-corrected chi connectivity index (χ2v) is 8.05. The summed E-state index contributed by atoms with van der Waals surface area (Å²) >= 11 is 0. The highest BCUT2D eigenvalue weighted by atomic mass is 16.5. The van der Waals surface area contributed by atoms with Crippen molar-refractivity contribution in [1.29, 1.82) is 0 Å². The van der Waals surface area contributed by atoms with Crippen LogP contribution in [0.3, 0.4) is 0 Å². The summed E-state index contributed by atoms with van der Waals surface area (Å²) in [6.07, 6.45) is 3.59. The third-order valence-corrected chi connectivity index (χ3v) is 6.26. The SMILES string of the molecule is Cc1ccccc1C1(C(=O)NCC(CC2CCOCC2)C(=O)O)CCOCC1. The minimum atomic E-state index is -0.844. The Labute approximate surface area is 166 Å². The Kier molecular flexibility index (Phi) is 7.08. The molecule has 0 saturated carbocycles. The minimum absolute atomic E-state index is 0.0803. The van der Waals surface area contributed by atoms with Crippen LogP contribution in [0.4, 0.5) is 0 Å². The van der Waals surface area contributed by atoms with Crippen LogP contribution in [0, 0.1) is 18.8 Å². The first-order valence-corrected chi connectivity index (χ1v) is 10.3. The highest BCUT2D eigenvalue weighted by Crippen LogP contribution is 2.37. The molecule has 1 aromatic rings. The van der Waals surface area contributed by atoms with Crippen molar-refractivity contribution in [3.8, 4) is 0 Å². The first-order valence-electron chi connectivity index (χ1n) is 10.3. The lowest BCUT2D eigenvalue weighted by atomic mass is 9.71. The fourth-order valence-electron chi connectivity index (χ4n) is 4.49. The summed E-state index contributed by atoms with van der Waals surface area (Å²) in [6, 6.07) is 7.96. The maximum absolute atomic E-state index is 13.3. The van der Waals surface area contributed by atoms with Gasteiger partial charge in [0.1, 0.15) is 0 Å². The monoisotopic (exact) mass is 389 g/mol. The highest BCUT2D eigenvalue weighted by molar-refractivity contribution is 5.89. The summed E-state index contributed by atoms with van der Waals surface area (Å²) in [6.45, 7) is 4.64. The minimum Gasteiger partial charge on any atom is -0.481 e. The van der Waals surface area contributed by atoms with Crippen LogP contribution in [0.2, 0.25) is 0 Å². The lowest BCUT2D eigenvalue weighted by Gasteiger charge is -2.37. The molecule has 1 unspecified atom stereocenters. The summed E-state index contributed by atoms with van der Waals surface area (Å²) in [5.41, 5.74) is 1.45. The Hall–Kier alpha value is -1.92. The molecule has 6 nitrogen and oxygen atoms in total. The van der Waals surface area contributed by atoms with E-state index in [1.165, 1.54) is 0 Å². The highest BCUT2D eigenvalue weighted by Gasteiger charge is 2.42. The van der Waals surface area contributed by atoms with Gasteiger partial charge in [0.15, 0.2) is 0 Å². The summed E-state index contributed by atoms with van der Waals surface area (Å²) in [5.74, 6) is -1.15. The quantitative estimate of drug-likeness (QED) is 0.749. The molecule has 3 rings (SSSR count). The van der Waals surface area contributed by atoms with E-state index >= 15 is 0 Å². The number of amides is 1. The number of nitrogens with one attached hydrogen (secondary N) is 1. The number of benzene rings is 1. The Bertz CT molecular complexity index is 677. The third-order valence-electron chi connectivity index (χ3n) is 6.26. The van der Waals surface area contributed by atoms with Gasteiger partial charge < -0.3 is 19.9 Å². The number of carbonyl (C=O) groups is 2. The molecule has 2 aliphatic heterocycles. The molecule has 6 heteroatoms. The fraction of sp³-hybridized carbons (Fsp3) is 0.636. The Balaban J connectivity index is 1.70. The molecular formula is C22H31NO5. The van der Waals surface area contributed by atoms with Gasteiger partial charge in [-0.2, -0.15) is 0 Å². The second-order valence-electron chi connectivity index (χ2n) is 8.05. The predicted octanol–water partition coefficient (Wildman–Crippen LogP) is 2.68. The van der Waals surface area contributed by atoms with Crippen molar-refractivity contribution in [2.45, 2.75) is 44.4 Å². The maximum atomic E-state index is 13.3. The van der Waals surface area contributed by atoms with E-state index in [2.05, 4.69) is 5.32 Å². The van der Waals surface area contributed by atoms with Crippen LogP contribution < -0.4 is 5.32 Å². The van der Waals surface area contributed by atoms with Gasteiger partial charge in [0, 0.05) is 33.0 Å².